The van der Waals surface area contributed by atoms with Crippen molar-refractivity contribution in [2.45, 2.75) is 13.0 Å². The molecule has 0 aliphatic carbocycles. The van der Waals surface area contributed by atoms with Crippen molar-refractivity contribution in [2.75, 3.05) is 7.11 Å². The third-order valence-corrected chi connectivity index (χ3v) is 3.98. The van der Waals surface area contributed by atoms with Crippen LogP contribution in [-0.4, -0.2) is 18.8 Å². The van der Waals surface area contributed by atoms with Crippen LogP contribution < -0.4 is 16.1 Å². The topological polar surface area (TPSA) is 79.5 Å². The Morgan fingerprint density at radius 1 is 1.08 bits per heavy atom. The van der Waals surface area contributed by atoms with Crippen molar-refractivity contribution in [3.8, 4) is 0 Å². The molecule has 0 radical (unpaired) electrons. The predicted octanol–water partition coefficient (Wildman–Crippen LogP) is 2.02. The first kappa shape index (κ1) is 16.7. The quantitative estimate of drug-likeness (QED) is 0.588. The Labute approximate surface area is 145 Å². The van der Waals surface area contributed by atoms with Crippen LogP contribution in [0, 0.1) is 0 Å². The van der Waals surface area contributed by atoms with Gasteiger partial charge in [0.15, 0.2) is 5.78 Å². The molecule has 2 aromatic rings. The largest absolute Gasteiger partial charge is 0.359 e. The average molecular weight is 337 g/mol. The lowest BCUT2D eigenvalue weighted by Gasteiger charge is -2.22. The van der Waals surface area contributed by atoms with Gasteiger partial charge >= 0.3 is 0 Å². The number of Topliss-reactive ketones (excluding diaryl/α,β-unsaturated/α-hetero) is 1. The van der Waals surface area contributed by atoms with Gasteiger partial charge in [-0.2, -0.15) is 0 Å². The summed E-state index contributed by atoms with van der Waals surface area (Å²) in [4.78, 5) is 29.5. The molecule has 1 aliphatic rings. The van der Waals surface area contributed by atoms with Gasteiger partial charge in [0.25, 0.3) is 5.91 Å². The average Bonchev–Trinajstić information content (AvgIpc) is 2.77. The Kier molecular flexibility index (Phi) is 4.81. The summed E-state index contributed by atoms with van der Waals surface area (Å²) in [6.07, 6.45) is 0. The van der Waals surface area contributed by atoms with Crippen molar-refractivity contribution in [1.29, 1.82) is 0 Å². The molecular weight excluding hydrogens is 318 g/mol. The molecule has 3 rings (SSSR count). The van der Waals surface area contributed by atoms with Crippen molar-refractivity contribution in [2.24, 2.45) is 0 Å². The van der Waals surface area contributed by atoms with E-state index in [2.05, 4.69) is 16.1 Å². The van der Waals surface area contributed by atoms with E-state index in [1.807, 2.05) is 48.5 Å². The van der Waals surface area contributed by atoms with Gasteiger partial charge in [0, 0.05) is 12.5 Å². The number of hydroxylamine groups is 1. The van der Waals surface area contributed by atoms with Crippen LogP contribution in [0.25, 0.3) is 0 Å². The van der Waals surface area contributed by atoms with E-state index in [0.717, 1.165) is 11.1 Å². The standard InChI is InChI=1S/C19H19N3O3/c1-12(23)16(22-25-2)18-20-17(13-8-4-3-5-9-13)14-10-6-7-11-15(14)19(24)21-18/h3-11,17,20,22H,1-2H3,(H,21,24). The van der Waals surface area contributed by atoms with Crippen molar-refractivity contribution in [3.05, 3.63) is 82.8 Å². The van der Waals surface area contributed by atoms with Gasteiger partial charge in [-0.05, 0) is 17.2 Å². The minimum absolute atomic E-state index is 0.157. The third kappa shape index (κ3) is 3.39. The van der Waals surface area contributed by atoms with E-state index >= 15 is 0 Å². The summed E-state index contributed by atoms with van der Waals surface area (Å²) in [5, 5.41) is 6.04. The number of rotatable bonds is 4. The summed E-state index contributed by atoms with van der Waals surface area (Å²) in [5.74, 6) is -0.264. The van der Waals surface area contributed by atoms with Gasteiger partial charge in [0.05, 0.1) is 13.2 Å². The fourth-order valence-electron chi connectivity index (χ4n) is 2.84. The molecule has 0 saturated carbocycles. The minimum Gasteiger partial charge on any atom is -0.359 e. The summed E-state index contributed by atoms with van der Waals surface area (Å²) in [7, 11) is 1.41. The first-order chi connectivity index (χ1) is 12.1. The number of allylic oxidation sites excluding steroid dienone is 1. The third-order valence-electron chi connectivity index (χ3n) is 3.98. The highest BCUT2D eigenvalue weighted by molar-refractivity contribution is 5.99. The molecule has 1 unspecified atom stereocenters. The highest BCUT2D eigenvalue weighted by Gasteiger charge is 2.28. The van der Waals surface area contributed by atoms with Crippen molar-refractivity contribution < 1.29 is 14.4 Å². The molecule has 0 spiro atoms. The Morgan fingerprint density at radius 2 is 1.76 bits per heavy atom. The van der Waals surface area contributed by atoms with Crippen LogP contribution in [0.1, 0.15) is 34.5 Å². The molecule has 2 aromatic carbocycles. The van der Waals surface area contributed by atoms with Crippen molar-refractivity contribution >= 4 is 11.7 Å². The fraction of sp³-hybridized carbons (Fsp3) is 0.158. The lowest BCUT2D eigenvalue weighted by molar-refractivity contribution is -0.115. The molecule has 1 heterocycles. The van der Waals surface area contributed by atoms with E-state index in [9.17, 15) is 9.59 Å². The zero-order valence-corrected chi connectivity index (χ0v) is 14.0. The number of carbonyl (C=O) groups excluding carboxylic acids is 2. The van der Waals surface area contributed by atoms with Gasteiger partial charge < -0.3 is 10.6 Å². The van der Waals surface area contributed by atoms with Gasteiger partial charge in [-0.3, -0.25) is 19.9 Å². The molecule has 0 aromatic heterocycles. The van der Waals surface area contributed by atoms with E-state index in [1.54, 1.807) is 6.07 Å². The summed E-state index contributed by atoms with van der Waals surface area (Å²) < 4.78 is 0. The van der Waals surface area contributed by atoms with Crippen molar-refractivity contribution in [3.63, 3.8) is 0 Å². The maximum absolute atomic E-state index is 12.7. The van der Waals surface area contributed by atoms with E-state index in [0.29, 0.717) is 5.56 Å². The Bertz CT molecular complexity index is 831. The van der Waals surface area contributed by atoms with Gasteiger partial charge in [-0.25, -0.2) is 0 Å². The Hall–Kier alpha value is -3.12. The molecule has 0 fully saturated rings. The number of fused-ring (bicyclic) bond motifs is 1. The molecule has 25 heavy (non-hydrogen) atoms. The highest BCUT2D eigenvalue weighted by atomic mass is 16.6. The second-order valence-electron chi connectivity index (χ2n) is 5.64. The fourth-order valence-corrected chi connectivity index (χ4v) is 2.84. The summed E-state index contributed by atoms with van der Waals surface area (Å²) in [6, 6.07) is 16.8. The molecule has 0 saturated heterocycles. The van der Waals surface area contributed by atoms with Crippen LogP contribution in [0.15, 0.2) is 66.1 Å². The SMILES string of the molecule is CONC(C(C)=O)=C1NC(=O)c2ccccc2C(c2ccccc2)N1. The van der Waals surface area contributed by atoms with Crippen LogP contribution >= 0.6 is 0 Å². The van der Waals surface area contributed by atoms with Crippen LogP contribution in [0.5, 0.6) is 0 Å². The first-order valence-electron chi connectivity index (χ1n) is 7.87. The highest BCUT2D eigenvalue weighted by Crippen LogP contribution is 2.28. The van der Waals surface area contributed by atoms with Gasteiger partial charge in [-0.15, -0.1) is 0 Å². The summed E-state index contributed by atoms with van der Waals surface area (Å²) in [6.45, 7) is 1.40. The Balaban J connectivity index is 2.17. The summed E-state index contributed by atoms with van der Waals surface area (Å²) >= 11 is 0. The molecule has 3 N–H and O–H groups in total. The van der Waals surface area contributed by atoms with E-state index in [4.69, 9.17) is 4.84 Å². The first-order valence-corrected chi connectivity index (χ1v) is 7.87. The number of benzene rings is 2. The molecular formula is C19H19N3O3. The van der Waals surface area contributed by atoms with Crippen LogP contribution in [0.2, 0.25) is 0 Å². The maximum atomic E-state index is 12.7. The van der Waals surface area contributed by atoms with E-state index in [-0.39, 0.29) is 29.3 Å². The number of ketones is 1. The van der Waals surface area contributed by atoms with E-state index < -0.39 is 0 Å². The molecule has 1 aliphatic heterocycles. The number of hydrogen-bond donors (Lipinski definition) is 3. The predicted molar refractivity (Wildman–Crippen MR) is 93.2 cm³/mol. The molecule has 128 valence electrons. The van der Waals surface area contributed by atoms with Crippen LogP contribution in [0.4, 0.5) is 0 Å². The molecule has 1 atom stereocenters. The smallest absolute Gasteiger partial charge is 0.257 e. The summed E-state index contributed by atoms with van der Waals surface area (Å²) in [5.41, 5.74) is 5.07. The maximum Gasteiger partial charge on any atom is 0.257 e. The second-order valence-corrected chi connectivity index (χ2v) is 5.64. The number of nitrogens with one attached hydrogen (secondary N) is 3. The number of carbonyl (C=O) groups is 2. The number of hydrogen-bond acceptors (Lipinski definition) is 5. The van der Waals surface area contributed by atoms with Crippen molar-refractivity contribution in [1.82, 2.24) is 16.1 Å². The Morgan fingerprint density at radius 3 is 2.44 bits per heavy atom. The van der Waals surface area contributed by atoms with E-state index in [1.165, 1.54) is 14.0 Å². The monoisotopic (exact) mass is 337 g/mol. The van der Waals surface area contributed by atoms with Gasteiger partial charge in [0.1, 0.15) is 11.5 Å². The van der Waals surface area contributed by atoms with Gasteiger partial charge in [0.2, 0.25) is 0 Å². The lowest BCUT2D eigenvalue weighted by Crippen LogP contribution is -2.36. The molecule has 1 amide bonds. The lowest BCUT2D eigenvalue weighted by atomic mass is 9.94. The van der Waals surface area contributed by atoms with Gasteiger partial charge in [-0.1, -0.05) is 48.5 Å². The second kappa shape index (κ2) is 7.19. The van der Waals surface area contributed by atoms with Crippen LogP contribution in [-0.2, 0) is 9.63 Å². The van der Waals surface area contributed by atoms with Crippen LogP contribution in [0.3, 0.4) is 0 Å². The number of amides is 1. The molecule has 0 bridgehead atoms. The minimum atomic E-state index is -0.292. The molecule has 6 nitrogen and oxygen atoms in total. The zero-order chi connectivity index (χ0) is 17.8. The molecule has 6 heteroatoms. The normalized spacial score (nSPS) is 18.3. The zero-order valence-electron chi connectivity index (χ0n) is 14.0.